The number of nitrogens with zero attached hydrogens (tertiary/aromatic N) is 4. The molecule has 1 saturated carbocycles. The number of hydrogen-bond donors (Lipinski definition) is 1. The van der Waals surface area contributed by atoms with Crippen molar-refractivity contribution in [2.24, 2.45) is 5.92 Å². The van der Waals surface area contributed by atoms with Gasteiger partial charge in [0.15, 0.2) is 0 Å². The number of sulfonamides is 1. The van der Waals surface area contributed by atoms with Gasteiger partial charge in [-0.1, -0.05) is 0 Å². The first-order valence-corrected chi connectivity index (χ1v) is 17.0. The van der Waals surface area contributed by atoms with Crippen molar-refractivity contribution in [3.8, 4) is 11.3 Å². The molecule has 42 heavy (non-hydrogen) atoms. The number of hydrogen-bond acceptors (Lipinski definition) is 5. The first-order chi connectivity index (χ1) is 20.1. The summed E-state index contributed by atoms with van der Waals surface area (Å²) < 4.78 is 43.2. The van der Waals surface area contributed by atoms with Gasteiger partial charge in [-0.2, -0.15) is 0 Å². The van der Waals surface area contributed by atoms with Gasteiger partial charge in [0.1, 0.15) is 5.82 Å². The lowest BCUT2D eigenvalue weighted by atomic mass is 9.86. The lowest BCUT2D eigenvalue weighted by molar-refractivity contribution is 0.0717. The van der Waals surface area contributed by atoms with E-state index in [2.05, 4.69) is 26.7 Å². The zero-order valence-corrected chi connectivity index (χ0v) is 26.0. The molecule has 0 spiro atoms. The molecule has 1 aliphatic heterocycles. The van der Waals surface area contributed by atoms with Gasteiger partial charge in [0, 0.05) is 37.3 Å². The molecular weight excluding hydrogens is 553 g/mol. The van der Waals surface area contributed by atoms with Gasteiger partial charge in [-0.25, -0.2) is 22.5 Å². The lowest BCUT2D eigenvalue weighted by Crippen LogP contribution is -2.40. The second-order valence-electron chi connectivity index (χ2n) is 12.2. The maximum absolute atomic E-state index is 14.5. The lowest BCUT2D eigenvalue weighted by Gasteiger charge is -2.31. The fourth-order valence-corrected chi connectivity index (χ4v) is 7.66. The Bertz CT molecular complexity index is 1510. The van der Waals surface area contributed by atoms with Crippen LogP contribution >= 0.6 is 0 Å². The van der Waals surface area contributed by atoms with Gasteiger partial charge in [0.2, 0.25) is 10.0 Å². The van der Waals surface area contributed by atoms with Crippen LogP contribution in [0.15, 0.2) is 42.9 Å². The third-order valence-corrected chi connectivity index (χ3v) is 10.5. The predicted molar refractivity (Wildman–Crippen MR) is 165 cm³/mol. The van der Waals surface area contributed by atoms with Crippen LogP contribution in [0.2, 0.25) is 0 Å². The predicted octanol–water partition coefficient (Wildman–Crippen LogP) is 5.30. The standard InChI is InChI=1S/C32H44FN5O3S/c1-5-37(22(3)4)32(39)30-17-26(33)9-12-29(30)31-16-25(15-28-18-34-21-38(28)31)24-13-14-36(20-24)19-23-7-10-27(11-8-23)35-42(40,41)6-2/h9,12,15-18,21-24,27,35H,5-8,10-11,13-14,19-20H2,1-4H3/t23?,24-,27?/m0/s1. The van der Waals surface area contributed by atoms with Crippen LogP contribution in [0.4, 0.5) is 4.39 Å². The minimum absolute atomic E-state index is 0.00150. The summed E-state index contributed by atoms with van der Waals surface area (Å²) in [6, 6.07) is 8.90. The van der Waals surface area contributed by atoms with Gasteiger partial charge in [0.05, 0.1) is 35.1 Å². The maximum Gasteiger partial charge on any atom is 0.254 e. The van der Waals surface area contributed by atoms with Crippen molar-refractivity contribution in [1.29, 1.82) is 0 Å². The molecule has 1 amide bonds. The Morgan fingerprint density at radius 1 is 1.12 bits per heavy atom. The fourth-order valence-electron chi connectivity index (χ4n) is 6.75. The number of halogens is 1. The minimum atomic E-state index is -3.16. The van der Waals surface area contributed by atoms with Crippen molar-refractivity contribution >= 4 is 21.4 Å². The molecule has 1 saturated heterocycles. The summed E-state index contributed by atoms with van der Waals surface area (Å²) in [7, 11) is -3.16. The maximum atomic E-state index is 14.5. The topological polar surface area (TPSA) is 87.0 Å². The molecule has 0 radical (unpaired) electrons. The average molecular weight is 598 g/mol. The molecule has 2 aromatic heterocycles. The number of rotatable bonds is 10. The number of fused-ring (bicyclic) bond motifs is 1. The zero-order valence-electron chi connectivity index (χ0n) is 25.2. The molecule has 1 aromatic carbocycles. The molecule has 0 bridgehead atoms. The van der Waals surface area contributed by atoms with E-state index in [1.807, 2.05) is 31.4 Å². The van der Waals surface area contributed by atoms with E-state index < -0.39 is 15.8 Å². The largest absolute Gasteiger partial charge is 0.336 e. The summed E-state index contributed by atoms with van der Waals surface area (Å²) in [4.78, 5) is 22.3. The van der Waals surface area contributed by atoms with Crippen molar-refractivity contribution in [3.63, 3.8) is 0 Å². The molecular formula is C32H44FN5O3S. The third kappa shape index (κ3) is 6.71. The molecule has 5 rings (SSSR count). The molecule has 0 unspecified atom stereocenters. The van der Waals surface area contributed by atoms with E-state index in [-0.39, 0.29) is 23.7 Å². The number of nitrogens with one attached hydrogen (secondary N) is 1. The smallest absolute Gasteiger partial charge is 0.254 e. The highest BCUT2D eigenvalue weighted by Gasteiger charge is 2.30. The summed E-state index contributed by atoms with van der Waals surface area (Å²) >= 11 is 0. The SMILES string of the molecule is CCN(C(=O)c1cc(F)ccc1-c1cc([C@H]2CCN(CC3CCC(NS(=O)(=O)CC)CC3)C2)cc2cncn12)C(C)C. The van der Waals surface area contributed by atoms with Crippen molar-refractivity contribution in [3.05, 3.63) is 59.8 Å². The first kappa shape index (κ1) is 30.6. The normalized spacial score (nSPS) is 21.8. The van der Waals surface area contributed by atoms with Crippen LogP contribution in [-0.4, -0.2) is 77.5 Å². The number of carbonyl (C=O) groups excluding carboxylic acids is 1. The van der Waals surface area contributed by atoms with Crippen molar-refractivity contribution in [2.75, 3.05) is 31.9 Å². The average Bonchev–Trinajstić information content (AvgIpc) is 3.63. The third-order valence-electron chi connectivity index (χ3n) is 9.09. The van der Waals surface area contributed by atoms with E-state index in [9.17, 15) is 17.6 Å². The van der Waals surface area contributed by atoms with Gasteiger partial charge in [-0.3, -0.25) is 9.20 Å². The number of imidazole rings is 1. The fraction of sp³-hybridized carbons (Fsp3) is 0.562. The number of amides is 1. The van der Waals surface area contributed by atoms with Gasteiger partial charge < -0.3 is 9.80 Å². The van der Waals surface area contributed by atoms with E-state index in [0.717, 1.165) is 62.9 Å². The van der Waals surface area contributed by atoms with E-state index in [0.29, 0.717) is 29.5 Å². The van der Waals surface area contributed by atoms with Crippen LogP contribution in [0, 0.1) is 11.7 Å². The van der Waals surface area contributed by atoms with E-state index in [1.165, 1.54) is 17.7 Å². The van der Waals surface area contributed by atoms with Crippen LogP contribution in [0.3, 0.4) is 0 Å². The molecule has 3 aromatic rings. The molecule has 228 valence electrons. The van der Waals surface area contributed by atoms with Crippen LogP contribution in [0.25, 0.3) is 16.8 Å². The summed E-state index contributed by atoms with van der Waals surface area (Å²) in [5.74, 6) is 0.448. The Hall–Kier alpha value is -2.82. The second kappa shape index (κ2) is 12.8. The van der Waals surface area contributed by atoms with E-state index >= 15 is 0 Å². The number of carbonyl (C=O) groups is 1. The highest BCUT2D eigenvalue weighted by Crippen LogP contribution is 2.35. The molecule has 2 aliphatic rings. The number of likely N-dealkylation sites (tertiary alicyclic amines) is 1. The Morgan fingerprint density at radius 3 is 2.57 bits per heavy atom. The highest BCUT2D eigenvalue weighted by molar-refractivity contribution is 7.89. The zero-order chi connectivity index (χ0) is 30.0. The van der Waals surface area contributed by atoms with Crippen molar-refractivity contribution in [1.82, 2.24) is 23.9 Å². The minimum Gasteiger partial charge on any atom is -0.336 e. The van der Waals surface area contributed by atoms with Gasteiger partial charge >= 0.3 is 0 Å². The first-order valence-electron chi connectivity index (χ1n) is 15.4. The van der Waals surface area contributed by atoms with E-state index in [1.54, 1.807) is 24.2 Å². The summed E-state index contributed by atoms with van der Waals surface area (Å²) in [6.07, 6.45) is 8.50. The van der Waals surface area contributed by atoms with Crippen LogP contribution in [0.5, 0.6) is 0 Å². The van der Waals surface area contributed by atoms with Crippen molar-refractivity contribution in [2.45, 2.75) is 77.8 Å². The summed E-state index contributed by atoms with van der Waals surface area (Å²) in [5, 5.41) is 0. The van der Waals surface area contributed by atoms with Gasteiger partial charge in [-0.05, 0) is 114 Å². The Labute approximate surface area is 249 Å². The number of aromatic nitrogens is 2. The molecule has 3 heterocycles. The van der Waals surface area contributed by atoms with E-state index in [4.69, 9.17) is 0 Å². The van der Waals surface area contributed by atoms with Gasteiger partial charge in [-0.15, -0.1) is 0 Å². The molecule has 1 atom stereocenters. The molecule has 10 heteroatoms. The van der Waals surface area contributed by atoms with Crippen LogP contribution < -0.4 is 4.72 Å². The number of benzene rings is 1. The highest BCUT2D eigenvalue weighted by atomic mass is 32.2. The Morgan fingerprint density at radius 2 is 1.88 bits per heavy atom. The summed E-state index contributed by atoms with van der Waals surface area (Å²) in [6.45, 7) is 11.1. The number of pyridine rings is 1. The molecule has 1 aliphatic carbocycles. The summed E-state index contributed by atoms with van der Waals surface area (Å²) in [5.41, 5.74) is 4.07. The molecule has 8 nitrogen and oxygen atoms in total. The monoisotopic (exact) mass is 597 g/mol. The van der Waals surface area contributed by atoms with Gasteiger partial charge in [0.25, 0.3) is 5.91 Å². The van der Waals surface area contributed by atoms with Crippen LogP contribution in [-0.2, 0) is 10.0 Å². The second-order valence-corrected chi connectivity index (χ2v) is 14.3. The van der Waals surface area contributed by atoms with Crippen molar-refractivity contribution < 1.29 is 17.6 Å². The van der Waals surface area contributed by atoms with Crippen LogP contribution in [0.1, 0.15) is 81.6 Å². The Kier molecular flexibility index (Phi) is 9.34. The Balaban J connectivity index is 1.34. The quantitative estimate of drug-likeness (QED) is 0.343. The molecule has 2 fully saturated rings. The molecule has 1 N–H and O–H groups in total.